The number of aryl methyl sites for hydroxylation is 2. The number of hydrogen-bond donors (Lipinski definition) is 0. The molecule has 0 saturated carbocycles. The molecule has 0 unspecified atom stereocenters. The number of carbonyl (C=O) groups is 1. The number of benzene rings is 1. The summed E-state index contributed by atoms with van der Waals surface area (Å²) in [7, 11) is 0. The van der Waals surface area contributed by atoms with Crippen LogP contribution in [0.3, 0.4) is 0 Å². The molecule has 0 aliphatic rings. The van der Waals surface area contributed by atoms with E-state index in [9.17, 15) is 9.18 Å². The maximum atomic E-state index is 12.9. The molecule has 1 heterocycles. The summed E-state index contributed by atoms with van der Waals surface area (Å²) in [5, 5.41) is 0. The van der Waals surface area contributed by atoms with Crippen LogP contribution in [0.4, 0.5) is 4.39 Å². The Morgan fingerprint density at radius 3 is 2.88 bits per heavy atom. The average Bonchev–Trinajstić information content (AvgIpc) is 2.74. The molecule has 2 nitrogen and oxygen atoms in total. The lowest BCUT2D eigenvalue weighted by molar-refractivity contribution is 0.111. The molecule has 2 rings (SSSR count). The molecular weight excluding hydrogens is 205 g/mol. The number of aldehydes is 1. The molecular formula is C13H12FNO. The Kier molecular flexibility index (Phi) is 3.15. The van der Waals surface area contributed by atoms with Crippen LogP contribution >= 0.6 is 0 Å². The van der Waals surface area contributed by atoms with Crippen molar-refractivity contribution in [3.8, 4) is 0 Å². The van der Waals surface area contributed by atoms with Gasteiger partial charge in [0, 0.05) is 12.7 Å². The summed E-state index contributed by atoms with van der Waals surface area (Å²) < 4.78 is 14.8. The zero-order valence-electron chi connectivity index (χ0n) is 8.77. The molecule has 0 fully saturated rings. The Balaban J connectivity index is 2.05. The lowest BCUT2D eigenvalue weighted by Gasteiger charge is -2.05. The lowest BCUT2D eigenvalue weighted by atomic mass is 10.1. The van der Waals surface area contributed by atoms with Crippen LogP contribution in [0, 0.1) is 5.82 Å². The summed E-state index contributed by atoms with van der Waals surface area (Å²) >= 11 is 0. The fourth-order valence-electron chi connectivity index (χ4n) is 1.68. The summed E-state index contributed by atoms with van der Waals surface area (Å²) in [5.74, 6) is -0.222. The zero-order valence-corrected chi connectivity index (χ0v) is 8.77. The minimum absolute atomic E-state index is 0.222. The highest BCUT2D eigenvalue weighted by atomic mass is 19.1. The van der Waals surface area contributed by atoms with Crippen molar-refractivity contribution in [2.75, 3.05) is 0 Å². The Morgan fingerprint density at radius 1 is 1.25 bits per heavy atom. The van der Waals surface area contributed by atoms with Gasteiger partial charge in [0.25, 0.3) is 0 Å². The molecule has 0 spiro atoms. The highest BCUT2D eigenvalue weighted by molar-refractivity contribution is 5.72. The third-order valence-corrected chi connectivity index (χ3v) is 2.52. The highest BCUT2D eigenvalue weighted by Gasteiger charge is 2.00. The standard InChI is InChI=1S/C13H12FNO/c14-12-4-1-3-11(9-12)6-8-15-7-2-5-13(15)10-16/h1-5,7,9-10H,6,8H2. The van der Waals surface area contributed by atoms with Crippen LogP contribution in [0.15, 0.2) is 42.6 Å². The van der Waals surface area contributed by atoms with Crippen molar-refractivity contribution in [1.29, 1.82) is 0 Å². The largest absolute Gasteiger partial charge is 0.345 e. The van der Waals surface area contributed by atoms with Crippen LogP contribution < -0.4 is 0 Å². The molecule has 82 valence electrons. The summed E-state index contributed by atoms with van der Waals surface area (Å²) in [5.41, 5.74) is 1.59. The van der Waals surface area contributed by atoms with Crippen molar-refractivity contribution < 1.29 is 9.18 Å². The molecule has 0 aliphatic carbocycles. The van der Waals surface area contributed by atoms with E-state index in [0.29, 0.717) is 18.7 Å². The van der Waals surface area contributed by atoms with E-state index in [0.717, 1.165) is 11.8 Å². The molecule has 0 N–H and O–H groups in total. The van der Waals surface area contributed by atoms with Gasteiger partial charge in [-0.1, -0.05) is 12.1 Å². The molecule has 1 aromatic heterocycles. The summed E-state index contributed by atoms with van der Waals surface area (Å²) in [6, 6.07) is 10.1. The van der Waals surface area contributed by atoms with Crippen LogP contribution in [0.25, 0.3) is 0 Å². The summed E-state index contributed by atoms with van der Waals surface area (Å²) in [6.45, 7) is 0.685. The molecule has 0 atom stereocenters. The minimum atomic E-state index is -0.222. The van der Waals surface area contributed by atoms with Crippen molar-refractivity contribution in [1.82, 2.24) is 4.57 Å². The number of rotatable bonds is 4. The van der Waals surface area contributed by atoms with Crippen molar-refractivity contribution in [3.63, 3.8) is 0 Å². The monoisotopic (exact) mass is 217 g/mol. The SMILES string of the molecule is O=Cc1cccn1CCc1cccc(F)c1. The van der Waals surface area contributed by atoms with Gasteiger partial charge in [-0.15, -0.1) is 0 Å². The Labute approximate surface area is 93.3 Å². The second-order valence-electron chi connectivity index (χ2n) is 3.62. The number of aromatic nitrogens is 1. The van der Waals surface area contributed by atoms with E-state index in [-0.39, 0.29) is 5.82 Å². The maximum absolute atomic E-state index is 12.9. The second-order valence-corrected chi connectivity index (χ2v) is 3.62. The molecule has 0 aliphatic heterocycles. The van der Waals surface area contributed by atoms with Crippen LogP contribution in [-0.4, -0.2) is 10.9 Å². The van der Waals surface area contributed by atoms with Crippen molar-refractivity contribution >= 4 is 6.29 Å². The van der Waals surface area contributed by atoms with Gasteiger partial charge in [0.15, 0.2) is 6.29 Å². The molecule has 0 bridgehead atoms. The predicted octanol–water partition coefficient (Wildman–Crippen LogP) is 2.68. The second kappa shape index (κ2) is 4.75. The maximum Gasteiger partial charge on any atom is 0.166 e. The van der Waals surface area contributed by atoms with Crippen molar-refractivity contribution in [2.24, 2.45) is 0 Å². The Hall–Kier alpha value is -1.90. The fraction of sp³-hybridized carbons (Fsp3) is 0.154. The van der Waals surface area contributed by atoms with Crippen LogP contribution in [0.2, 0.25) is 0 Å². The summed E-state index contributed by atoms with van der Waals surface area (Å²) in [6.07, 6.45) is 3.39. The molecule has 0 amide bonds. The van der Waals surface area contributed by atoms with Gasteiger partial charge in [-0.25, -0.2) is 4.39 Å². The summed E-state index contributed by atoms with van der Waals surface area (Å²) in [4.78, 5) is 10.7. The zero-order chi connectivity index (χ0) is 11.4. The number of carbonyl (C=O) groups excluding carboxylic acids is 1. The van der Waals surface area contributed by atoms with E-state index in [1.165, 1.54) is 12.1 Å². The first-order valence-corrected chi connectivity index (χ1v) is 5.14. The van der Waals surface area contributed by atoms with Gasteiger partial charge in [-0.3, -0.25) is 4.79 Å². The fourth-order valence-corrected chi connectivity index (χ4v) is 1.68. The van der Waals surface area contributed by atoms with Crippen LogP contribution in [0.5, 0.6) is 0 Å². The first-order chi connectivity index (χ1) is 7.79. The van der Waals surface area contributed by atoms with E-state index in [2.05, 4.69) is 0 Å². The van der Waals surface area contributed by atoms with Gasteiger partial charge in [-0.2, -0.15) is 0 Å². The van der Waals surface area contributed by atoms with E-state index >= 15 is 0 Å². The third-order valence-electron chi connectivity index (χ3n) is 2.52. The predicted molar refractivity (Wildman–Crippen MR) is 59.9 cm³/mol. The van der Waals surface area contributed by atoms with Gasteiger partial charge in [0.05, 0.1) is 5.69 Å². The van der Waals surface area contributed by atoms with Gasteiger partial charge < -0.3 is 4.57 Å². The smallest absolute Gasteiger partial charge is 0.166 e. The van der Waals surface area contributed by atoms with E-state index in [4.69, 9.17) is 0 Å². The highest BCUT2D eigenvalue weighted by Crippen LogP contribution is 2.07. The molecule has 1 aromatic carbocycles. The first kappa shape index (κ1) is 10.6. The minimum Gasteiger partial charge on any atom is -0.345 e. The molecule has 0 saturated heterocycles. The normalized spacial score (nSPS) is 10.3. The topological polar surface area (TPSA) is 22.0 Å². The molecule has 16 heavy (non-hydrogen) atoms. The van der Waals surface area contributed by atoms with E-state index < -0.39 is 0 Å². The van der Waals surface area contributed by atoms with Crippen molar-refractivity contribution in [2.45, 2.75) is 13.0 Å². The van der Waals surface area contributed by atoms with Crippen LogP contribution in [0.1, 0.15) is 16.1 Å². The van der Waals surface area contributed by atoms with Gasteiger partial charge in [0.1, 0.15) is 5.82 Å². The van der Waals surface area contributed by atoms with Crippen LogP contribution in [-0.2, 0) is 13.0 Å². The Morgan fingerprint density at radius 2 is 2.12 bits per heavy atom. The molecule has 0 radical (unpaired) electrons. The first-order valence-electron chi connectivity index (χ1n) is 5.14. The number of hydrogen-bond acceptors (Lipinski definition) is 1. The molecule has 2 aromatic rings. The quantitative estimate of drug-likeness (QED) is 0.722. The van der Waals surface area contributed by atoms with Gasteiger partial charge >= 0.3 is 0 Å². The molecule has 3 heteroatoms. The lowest BCUT2D eigenvalue weighted by Crippen LogP contribution is -2.03. The average molecular weight is 217 g/mol. The Bertz CT molecular complexity index is 490. The van der Waals surface area contributed by atoms with Gasteiger partial charge in [0.2, 0.25) is 0 Å². The van der Waals surface area contributed by atoms with Crippen molar-refractivity contribution in [3.05, 3.63) is 59.7 Å². The van der Waals surface area contributed by atoms with E-state index in [1.54, 1.807) is 12.1 Å². The number of halogens is 1. The number of nitrogens with zero attached hydrogens (tertiary/aromatic N) is 1. The third kappa shape index (κ3) is 2.37. The van der Waals surface area contributed by atoms with E-state index in [1.807, 2.05) is 22.9 Å². The van der Waals surface area contributed by atoms with Gasteiger partial charge in [-0.05, 0) is 36.2 Å².